The number of anilines is 1. The second kappa shape index (κ2) is 7.30. The van der Waals surface area contributed by atoms with Gasteiger partial charge in [-0.2, -0.15) is 0 Å². The Morgan fingerprint density at radius 2 is 2.04 bits per heavy atom. The lowest BCUT2D eigenvalue weighted by Gasteiger charge is -2.29. The van der Waals surface area contributed by atoms with Crippen molar-refractivity contribution in [3.63, 3.8) is 0 Å². The lowest BCUT2D eigenvalue weighted by Crippen LogP contribution is -2.47. The molecule has 0 aromatic carbocycles. The molecular formula is C20H29BrN4O3. The predicted octanol–water partition coefficient (Wildman–Crippen LogP) is 3.42. The third kappa shape index (κ3) is 4.33. The Hall–Kier alpha value is -1.67. The highest BCUT2D eigenvalue weighted by molar-refractivity contribution is 9.10. The van der Waals surface area contributed by atoms with Gasteiger partial charge in [-0.3, -0.25) is 9.69 Å². The minimum atomic E-state index is -0.609. The third-order valence-electron chi connectivity index (χ3n) is 5.26. The Balaban J connectivity index is 1.83. The number of fused-ring (bicyclic) bond motifs is 1. The van der Waals surface area contributed by atoms with Crippen LogP contribution in [-0.4, -0.2) is 65.1 Å². The molecule has 1 aromatic rings. The standard InChI is InChI=1S/C20H29BrN4O3/c1-12-7-8-15(21)22-16(12)23-17(26)13-9-20(11-24(5)6)10-14(20)25(13)18(27)28-19(2,3)4/h7-8,13-14H,9-11H2,1-6H3,(H,22,23,26)/t13-,14?,20?/m0/s1. The molecule has 28 heavy (non-hydrogen) atoms. The van der Waals surface area contributed by atoms with E-state index in [0.717, 1.165) is 18.5 Å². The number of pyridine rings is 1. The fourth-order valence-electron chi connectivity index (χ4n) is 4.12. The van der Waals surface area contributed by atoms with Crippen LogP contribution in [0, 0.1) is 12.3 Å². The van der Waals surface area contributed by atoms with Crippen LogP contribution < -0.4 is 5.32 Å². The average Bonchev–Trinajstić information content (AvgIpc) is 3.11. The molecule has 2 fully saturated rings. The molecule has 1 saturated heterocycles. The van der Waals surface area contributed by atoms with Crippen molar-refractivity contribution in [1.29, 1.82) is 0 Å². The maximum Gasteiger partial charge on any atom is 0.411 e. The molecule has 3 rings (SSSR count). The van der Waals surface area contributed by atoms with E-state index in [9.17, 15) is 9.59 Å². The summed E-state index contributed by atoms with van der Waals surface area (Å²) >= 11 is 3.34. The van der Waals surface area contributed by atoms with Crippen LogP contribution in [0.3, 0.4) is 0 Å². The number of nitrogens with one attached hydrogen (secondary N) is 1. The molecule has 0 bridgehead atoms. The largest absolute Gasteiger partial charge is 0.444 e. The van der Waals surface area contributed by atoms with Gasteiger partial charge in [0.1, 0.15) is 22.1 Å². The van der Waals surface area contributed by atoms with Crippen LogP contribution in [0.5, 0.6) is 0 Å². The molecule has 2 aliphatic rings. The Labute approximate surface area is 174 Å². The lowest BCUT2D eigenvalue weighted by atomic mass is 9.98. The fraction of sp³-hybridized carbons (Fsp3) is 0.650. The molecule has 1 saturated carbocycles. The van der Waals surface area contributed by atoms with E-state index in [1.807, 2.05) is 53.9 Å². The predicted molar refractivity (Wildman–Crippen MR) is 111 cm³/mol. The topological polar surface area (TPSA) is 74.8 Å². The number of aromatic nitrogens is 1. The van der Waals surface area contributed by atoms with Crippen LogP contribution >= 0.6 is 15.9 Å². The number of hydrogen-bond acceptors (Lipinski definition) is 5. The second-order valence-corrected chi connectivity index (χ2v) is 10.0. The number of carbonyl (C=O) groups is 2. The molecule has 2 unspecified atom stereocenters. The first-order valence-electron chi connectivity index (χ1n) is 9.52. The summed E-state index contributed by atoms with van der Waals surface area (Å²) in [7, 11) is 4.04. The quantitative estimate of drug-likeness (QED) is 0.708. The Bertz CT molecular complexity index is 792. The van der Waals surface area contributed by atoms with Crippen LogP contribution in [0.1, 0.15) is 39.2 Å². The van der Waals surface area contributed by atoms with E-state index in [2.05, 4.69) is 31.1 Å². The Kier molecular flexibility index (Phi) is 5.49. The molecule has 1 aromatic heterocycles. The van der Waals surface area contributed by atoms with Crippen molar-refractivity contribution in [2.24, 2.45) is 5.41 Å². The number of ether oxygens (including phenoxy) is 1. The van der Waals surface area contributed by atoms with Gasteiger partial charge in [-0.05, 0) is 82.2 Å². The van der Waals surface area contributed by atoms with E-state index < -0.39 is 17.7 Å². The summed E-state index contributed by atoms with van der Waals surface area (Å²) in [6, 6.07) is 3.19. The van der Waals surface area contributed by atoms with Crippen LogP contribution in [-0.2, 0) is 9.53 Å². The second-order valence-electron chi connectivity index (χ2n) is 9.22. The fourth-order valence-corrected chi connectivity index (χ4v) is 4.43. The summed E-state index contributed by atoms with van der Waals surface area (Å²) in [6.07, 6.45) is 1.12. The van der Waals surface area contributed by atoms with Gasteiger partial charge in [0.25, 0.3) is 0 Å². The zero-order chi connectivity index (χ0) is 20.9. The van der Waals surface area contributed by atoms with E-state index in [1.54, 1.807) is 4.90 Å². The molecule has 0 spiro atoms. The molecule has 7 nitrogen and oxygen atoms in total. The van der Waals surface area contributed by atoms with Gasteiger partial charge in [-0.15, -0.1) is 0 Å². The molecule has 0 radical (unpaired) electrons. The molecule has 1 N–H and O–H groups in total. The summed E-state index contributed by atoms with van der Waals surface area (Å²) < 4.78 is 6.26. The van der Waals surface area contributed by atoms with Gasteiger partial charge in [0.05, 0.1) is 0 Å². The van der Waals surface area contributed by atoms with Gasteiger partial charge in [0.15, 0.2) is 0 Å². The lowest BCUT2D eigenvalue weighted by molar-refractivity contribution is -0.121. The van der Waals surface area contributed by atoms with Gasteiger partial charge < -0.3 is 15.0 Å². The zero-order valence-corrected chi connectivity index (χ0v) is 19.0. The number of hydrogen-bond donors (Lipinski definition) is 1. The van der Waals surface area contributed by atoms with Gasteiger partial charge in [-0.1, -0.05) is 6.07 Å². The highest BCUT2D eigenvalue weighted by atomic mass is 79.9. The number of nitrogens with zero attached hydrogens (tertiary/aromatic N) is 3. The number of carbonyl (C=O) groups excluding carboxylic acids is 2. The highest BCUT2D eigenvalue weighted by Gasteiger charge is 2.67. The maximum absolute atomic E-state index is 13.1. The monoisotopic (exact) mass is 452 g/mol. The Morgan fingerprint density at radius 1 is 1.36 bits per heavy atom. The average molecular weight is 453 g/mol. The van der Waals surface area contributed by atoms with Crippen molar-refractivity contribution in [2.75, 3.05) is 26.0 Å². The number of amides is 2. The molecule has 3 atom stereocenters. The van der Waals surface area contributed by atoms with E-state index in [0.29, 0.717) is 16.8 Å². The molecule has 1 aliphatic carbocycles. The van der Waals surface area contributed by atoms with Gasteiger partial charge in [-0.25, -0.2) is 9.78 Å². The van der Waals surface area contributed by atoms with Crippen LogP contribution in [0.2, 0.25) is 0 Å². The highest BCUT2D eigenvalue weighted by Crippen LogP contribution is 2.60. The van der Waals surface area contributed by atoms with Crippen LogP contribution in [0.15, 0.2) is 16.7 Å². The van der Waals surface area contributed by atoms with E-state index in [-0.39, 0.29) is 17.4 Å². The summed E-state index contributed by atoms with van der Waals surface area (Å²) in [6.45, 7) is 8.25. The van der Waals surface area contributed by atoms with Gasteiger partial charge >= 0.3 is 6.09 Å². The first-order valence-corrected chi connectivity index (χ1v) is 10.3. The molecule has 2 amide bonds. The van der Waals surface area contributed by atoms with Crippen molar-refractivity contribution < 1.29 is 14.3 Å². The molecule has 1 aliphatic heterocycles. The minimum absolute atomic E-state index is 0.0389. The first-order chi connectivity index (χ1) is 12.9. The number of rotatable bonds is 4. The summed E-state index contributed by atoms with van der Waals surface area (Å²) in [4.78, 5) is 34.1. The summed E-state index contributed by atoms with van der Waals surface area (Å²) in [5.41, 5.74) is 0.219. The van der Waals surface area contributed by atoms with Gasteiger partial charge in [0, 0.05) is 18.0 Å². The normalized spacial score (nSPS) is 26.2. The number of likely N-dealkylation sites (tertiary alicyclic amines) is 1. The minimum Gasteiger partial charge on any atom is -0.444 e. The smallest absolute Gasteiger partial charge is 0.411 e. The molecule has 154 valence electrons. The van der Waals surface area contributed by atoms with E-state index in [1.165, 1.54) is 0 Å². The van der Waals surface area contributed by atoms with Crippen molar-refractivity contribution in [2.45, 2.75) is 58.2 Å². The van der Waals surface area contributed by atoms with Crippen LogP contribution in [0.4, 0.5) is 10.6 Å². The molecule has 2 heterocycles. The van der Waals surface area contributed by atoms with Crippen LogP contribution in [0.25, 0.3) is 0 Å². The molecular weight excluding hydrogens is 424 g/mol. The van der Waals surface area contributed by atoms with Gasteiger partial charge in [0.2, 0.25) is 5.91 Å². The third-order valence-corrected chi connectivity index (χ3v) is 5.70. The van der Waals surface area contributed by atoms with E-state index in [4.69, 9.17) is 4.74 Å². The number of piperidine rings is 1. The van der Waals surface area contributed by atoms with Crippen molar-refractivity contribution in [1.82, 2.24) is 14.8 Å². The van der Waals surface area contributed by atoms with E-state index >= 15 is 0 Å². The first kappa shape index (κ1) is 21.0. The number of aryl methyl sites for hydroxylation is 1. The Morgan fingerprint density at radius 3 is 2.64 bits per heavy atom. The zero-order valence-electron chi connectivity index (χ0n) is 17.4. The van der Waals surface area contributed by atoms with Crippen molar-refractivity contribution >= 4 is 33.7 Å². The molecule has 8 heteroatoms. The summed E-state index contributed by atoms with van der Waals surface area (Å²) in [5, 5.41) is 2.91. The van der Waals surface area contributed by atoms with Crippen molar-refractivity contribution in [3.05, 3.63) is 22.3 Å². The van der Waals surface area contributed by atoms with Crippen molar-refractivity contribution in [3.8, 4) is 0 Å². The maximum atomic E-state index is 13.1. The SMILES string of the molecule is Cc1ccc(Br)nc1NC(=O)[C@@H]1CC2(CN(C)C)CC2N1C(=O)OC(C)(C)C. The summed E-state index contributed by atoms with van der Waals surface area (Å²) in [5.74, 6) is 0.288. The number of halogens is 1.